The molecule has 78 valence electrons. The van der Waals surface area contributed by atoms with E-state index in [4.69, 9.17) is 0 Å². The first-order valence-corrected chi connectivity index (χ1v) is 5.52. The second kappa shape index (κ2) is 7.11. The van der Waals surface area contributed by atoms with Crippen LogP contribution in [0.1, 0.15) is 59.8 Å². The molecule has 0 bridgehead atoms. The van der Waals surface area contributed by atoms with Gasteiger partial charge in [-0.25, -0.2) is 4.39 Å². The van der Waals surface area contributed by atoms with Crippen molar-refractivity contribution in [1.82, 2.24) is 0 Å². The Morgan fingerprint density at radius 2 is 1.54 bits per heavy atom. The SMILES string of the molecule is CCCC(CCC)C(CC)=C(C)F. The summed E-state index contributed by atoms with van der Waals surface area (Å²) in [6.45, 7) is 7.99. The summed E-state index contributed by atoms with van der Waals surface area (Å²) in [7, 11) is 0. The fourth-order valence-corrected chi connectivity index (χ4v) is 2.00. The average molecular weight is 186 g/mol. The van der Waals surface area contributed by atoms with Crippen LogP contribution in [0.5, 0.6) is 0 Å². The van der Waals surface area contributed by atoms with Crippen LogP contribution in [-0.2, 0) is 0 Å². The maximum Gasteiger partial charge on any atom is 0.0963 e. The summed E-state index contributed by atoms with van der Waals surface area (Å²) in [4.78, 5) is 0. The molecule has 0 nitrogen and oxygen atoms in total. The lowest BCUT2D eigenvalue weighted by Crippen LogP contribution is -2.04. The van der Waals surface area contributed by atoms with Gasteiger partial charge < -0.3 is 0 Å². The van der Waals surface area contributed by atoms with E-state index in [9.17, 15) is 4.39 Å². The molecular formula is C12H23F. The van der Waals surface area contributed by atoms with E-state index in [0.29, 0.717) is 5.92 Å². The van der Waals surface area contributed by atoms with E-state index < -0.39 is 0 Å². The maximum absolute atomic E-state index is 13.1. The van der Waals surface area contributed by atoms with Crippen LogP contribution in [0.2, 0.25) is 0 Å². The van der Waals surface area contributed by atoms with Crippen LogP contribution < -0.4 is 0 Å². The number of hydrogen-bond acceptors (Lipinski definition) is 0. The summed E-state index contributed by atoms with van der Waals surface area (Å²) in [5, 5.41) is 0. The molecule has 13 heavy (non-hydrogen) atoms. The Balaban J connectivity index is 4.39. The minimum absolute atomic E-state index is 0.0504. The molecule has 0 saturated carbocycles. The quantitative estimate of drug-likeness (QED) is 0.556. The van der Waals surface area contributed by atoms with Crippen molar-refractivity contribution < 1.29 is 4.39 Å². The lowest BCUT2D eigenvalue weighted by atomic mass is 9.88. The fourth-order valence-electron chi connectivity index (χ4n) is 2.00. The van der Waals surface area contributed by atoms with Gasteiger partial charge in [-0.1, -0.05) is 33.6 Å². The van der Waals surface area contributed by atoms with Crippen LogP contribution >= 0.6 is 0 Å². The summed E-state index contributed by atoms with van der Waals surface area (Å²) >= 11 is 0. The molecule has 0 saturated heterocycles. The van der Waals surface area contributed by atoms with Crippen LogP contribution in [0.25, 0.3) is 0 Å². The zero-order valence-electron chi connectivity index (χ0n) is 9.49. The highest BCUT2D eigenvalue weighted by Crippen LogP contribution is 2.27. The van der Waals surface area contributed by atoms with Crippen molar-refractivity contribution >= 4 is 0 Å². The first kappa shape index (κ1) is 12.7. The van der Waals surface area contributed by atoms with Gasteiger partial charge in [-0.05, 0) is 37.7 Å². The van der Waals surface area contributed by atoms with Crippen molar-refractivity contribution in [2.24, 2.45) is 5.92 Å². The van der Waals surface area contributed by atoms with E-state index in [1.807, 2.05) is 0 Å². The van der Waals surface area contributed by atoms with Gasteiger partial charge >= 0.3 is 0 Å². The average Bonchev–Trinajstić information content (AvgIpc) is 2.05. The lowest BCUT2D eigenvalue weighted by Gasteiger charge is -2.18. The number of halogens is 1. The smallest absolute Gasteiger partial charge is 0.0963 e. The molecule has 0 aliphatic heterocycles. The molecule has 0 spiro atoms. The molecule has 0 amide bonds. The largest absolute Gasteiger partial charge is 0.212 e. The van der Waals surface area contributed by atoms with E-state index in [1.165, 1.54) is 0 Å². The van der Waals surface area contributed by atoms with Crippen LogP contribution in [-0.4, -0.2) is 0 Å². The second-order valence-electron chi connectivity index (χ2n) is 3.69. The molecule has 0 unspecified atom stereocenters. The second-order valence-corrected chi connectivity index (χ2v) is 3.69. The molecule has 0 aromatic heterocycles. The Morgan fingerprint density at radius 1 is 1.08 bits per heavy atom. The van der Waals surface area contributed by atoms with Gasteiger partial charge in [0.1, 0.15) is 0 Å². The predicted molar refractivity (Wildman–Crippen MR) is 57.4 cm³/mol. The van der Waals surface area contributed by atoms with Crippen molar-refractivity contribution in [3.63, 3.8) is 0 Å². The van der Waals surface area contributed by atoms with Gasteiger partial charge in [0.15, 0.2) is 0 Å². The van der Waals surface area contributed by atoms with Crippen LogP contribution in [0.4, 0.5) is 4.39 Å². The third kappa shape index (κ3) is 4.44. The summed E-state index contributed by atoms with van der Waals surface area (Å²) in [5.41, 5.74) is 1.05. The Labute approximate surface area is 82.2 Å². The normalized spacial score (nSPS) is 13.4. The molecule has 0 aliphatic carbocycles. The van der Waals surface area contributed by atoms with Crippen LogP contribution in [0.15, 0.2) is 11.4 Å². The van der Waals surface area contributed by atoms with Crippen molar-refractivity contribution in [2.45, 2.75) is 59.8 Å². The van der Waals surface area contributed by atoms with Crippen molar-refractivity contribution in [2.75, 3.05) is 0 Å². The lowest BCUT2D eigenvalue weighted by molar-refractivity contribution is 0.468. The Morgan fingerprint density at radius 3 is 1.77 bits per heavy atom. The number of rotatable bonds is 6. The van der Waals surface area contributed by atoms with Gasteiger partial charge in [0.2, 0.25) is 0 Å². The van der Waals surface area contributed by atoms with Gasteiger partial charge in [-0.3, -0.25) is 0 Å². The van der Waals surface area contributed by atoms with E-state index in [2.05, 4.69) is 20.8 Å². The molecule has 0 N–H and O–H groups in total. The summed E-state index contributed by atoms with van der Waals surface area (Å²) < 4.78 is 13.1. The number of hydrogen-bond donors (Lipinski definition) is 0. The fraction of sp³-hybridized carbons (Fsp3) is 0.833. The highest BCUT2D eigenvalue weighted by molar-refractivity contribution is 5.09. The first-order valence-electron chi connectivity index (χ1n) is 5.52. The van der Waals surface area contributed by atoms with Gasteiger partial charge in [-0.2, -0.15) is 0 Å². The Hall–Kier alpha value is -0.330. The molecule has 0 heterocycles. The third-order valence-electron chi connectivity index (χ3n) is 2.59. The highest BCUT2D eigenvalue weighted by atomic mass is 19.1. The first-order chi connectivity index (χ1) is 6.17. The molecule has 0 atom stereocenters. The van der Waals surface area contributed by atoms with E-state index in [-0.39, 0.29) is 5.83 Å². The van der Waals surface area contributed by atoms with Gasteiger partial charge in [0, 0.05) is 0 Å². The minimum atomic E-state index is 0.0504. The predicted octanol–water partition coefficient (Wildman–Crippen LogP) is 4.86. The van der Waals surface area contributed by atoms with E-state index in [0.717, 1.165) is 37.7 Å². The summed E-state index contributed by atoms with van der Waals surface area (Å²) in [5.74, 6) is 0.541. The summed E-state index contributed by atoms with van der Waals surface area (Å²) in [6, 6.07) is 0. The standard InChI is InChI=1S/C12H23F/c1-5-8-11(9-6-2)12(7-3)10(4)13/h11H,5-9H2,1-4H3. The Bertz CT molecular complexity index is 149. The molecular weight excluding hydrogens is 163 g/mol. The number of allylic oxidation sites excluding steroid dienone is 2. The zero-order valence-corrected chi connectivity index (χ0v) is 9.49. The van der Waals surface area contributed by atoms with E-state index in [1.54, 1.807) is 6.92 Å². The Kier molecular flexibility index (Phi) is 6.93. The molecule has 0 aromatic rings. The van der Waals surface area contributed by atoms with Crippen molar-refractivity contribution in [3.8, 4) is 0 Å². The summed E-state index contributed by atoms with van der Waals surface area (Å²) in [6.07, 6.45) is 5.45. The van der Waals surface area contributed by atoms with Crippen LogP contribution in [0.3, 0.4) is 0 Å². The topological polar surface area (TPSA) is 0 Å². The van der Waals surface area contributed by atoms with Crippen LogP contribution in [0, 0.1) is 5.92 Å². The zero-order chi connectivity index (χ0) is 10.3. The van der Waals surface area contributed by atoms with Gasteiger partial charge in [0.25, 0.3) is 0 Å². The highest BCUT2D eigenvalue weighted by Gasteiger charge is 2.13. The molecule has 0 fully saturated rings. The molecule has 0 rings (SSSR count). The van der Waals surface area contributed by atoms with Gasteiger partial charge in [0.05, 0.1) is 5.83 Å². The van der Waals surface area contributed by atoms with Crippen molar-refractivity contribution in [3.05, 3.63) is 11.4 Å². The third-order valence-corrected chi connectivity index (χ3v) is 2.59. The minimum Gasteiger partial charge on any atom is -0.212 e. The van der Waals surface area contributed by atoms with Crippen molar-refractivity contribution in [1.29, 1.82) is 0 Å². The molecule has 0 aliphatic rings. The molecule has 0 aromatic carbocycles. The van der Waals surface area contributed by atoms with E-state index >= 15 is 0 Å². The monoisotopic (exact) mass is 186 g/mol. The molecule has 0 radical (unpaired) electrons. The van der Waals surface area contributed by atoms with Gasteiger partial charge in [-0.15, -0.1) is 0 Å². The maximum atomic E-state index is 13.1. The molecule has 1 heteroatoms.